The molecule has 0 spiro atoms. The molecule has 0 aliphatic carbocycles. The molecule has 0 aromatic carbocycles. The van der Waals surface area contributed by atoms with Crippen molar-refractivity contribution in [2.75, 3.05) is 0 Å². The second-order valence-electron chi connectivity index (χ2n) is 4.80. The van der Waals surface area contributed by atoms with Crippen LogP contribution in [0.5, 0.6) is 0 Å². The Morgan fingerprint density at radius 2 is 2.06 bits per heavy atom. The molecule has 3 heteroatoms. The summed E-state index contributed by atoms with van der Waals surface area (Å²) in [7, 11) is 0. The highest BCUT2D eigenvalue weighted by Crippen LogP contribution is 2.22. The number of nitrogens with one attached hydrogen (secondary N) is 1. The summed E-state index contributed by atoms with van der Waals surface area (Å²) in [6.07, 6.45) is 7.67. The maximum absolute atomic E-state index is 5.56. The van der Waals surface area contributed by atoms with Crippen LogP contribution in [0, 0.1) is 26.2 Å². The van der Waals surface area contributed by atoms with Gasteiger partial charge in [-0.25, -0.2) is 0 Å². The van der Waals surface area contributed by atoms with E-state index in [2.05, 4.69) is 51.0 Å². The number of hydrogen-bond acceptors (Lipinski definition) is 2. The summed E-state index contributed by atoms with van der Waals surface area (Å²) in [6.45, 7) is 11.5. The number of rotatable bonds is 6. The van der Waals surface area contributed by atoms with E-state index in [4.69, 9.17) is 6.42 Å². The van der Waals surface area contributed by atoms with Crippen LogP contribution in [-0.4, -0.2) is 15.8 Å². The van der Waals surface area contributed by atoms with Crippen molar-refractivity contribution in [3.8, 4) is 12.3 Å². The van der Waals surface area contributed by atoms with Gasteiger partial charge in [0.25, 0.3) is 0 Å². The Kier molecular flexibility index (Phi) is 5.43. The van der Waals surface area contributed by atoms with Gasteiger partial charge in [-0.15, -0.1) is 6.42 Å². The van der Waals surface area contributed by atoms with Crippen LogP contribution in [0.25, 0.3) is 0 Å². The van der Waals surface area contributed by atoms with E-state index >= 15 is 0 Å². The van der Waals surface area contributed by atoms with Crippen molar-refractivity contribution in [3.05, 3.63) is 17.0 Å². The van der Waals surface area contributed by atoms with Crippen LogP contribution in [0.3, 0.4) is 0 Å². The van der Waals surface area contributed by atoms with Crippen LogP contribution in [-0.2, 0) is 6.54 Å². The molecule has 3 nitrogen and oxygen atoms in total. The molecule has 1 N–H and O–H groups in total. The predicted octanol–water partition coefficient (Wildman–Crippen LogP) is 2.97. The van der Waals surface area contributed by atoms with Crippen LogP contribution in [0.2, 0.25) is 0 Å². The smallest absolute Gasteiger partial charge is 0.0691 e. The van der Waals surface area contributed by atoms with Gasteiger partial charge in [0.15, 0.2) is 0 Å². The molecule has 0 amide bonds. The molecular formula is C15H25N3. The average Bonchev–Trinajstić information content (AvgIpc) is 2.63. The molecule has 1 rings (SSSR count). The molecule has 2 unspecified atom stereocenters. The molecule has 2 atom stereocenters. The minimum atomic E-state index is 0.147. The van der Waals surface area contributed by atoms with Crippen LogP contribution < -0.4 is 5.32 Å². The van der Waals surface area contributed by atoms with Gasteiger partial charge in [-0.1, -0.05) is 19.3 Å². The second kappa shape index (κ2) is 6.61. The largest absolute Gasteiger partial charge is 0.297 e. The zero-order valence-corrected chi connectivity index (χ0v) is 12.2. The van der Waals surface area contributed by atoms with E-state index in [0.29, 0.717) is 0 Å². The van der Waals surface area contributed by atoms with E-state index in [0.717, 1.165) is 25.1 Å². The first-order valence-corrected chi connectivity index (χ1v) is 6.81. The zero-order valence-electron chi connectivity index (χ0n) is 12.2. The van der Waals surface area contributed by atoms with Crippen molar-refractivity contribution < 1.29 is 0 Å². The van der Waals surface area contributed by atoms with Gasteiger partial charge in [0, 0.05) is 23.8 Å². The summed E-state index contributed by atoms with van der Waals surface area (Å²) >= 11 is 0. The first kappa shape index (κ1) is 14.8. The third-order valence-corrected chi connectivity index (χ3v) is 3.40. The Hall–Kier alpha value is -1.27. The lowest BCUT2D eigenvalue weighted by atomic mass is 10.0. The van der Waals surface area contributed by atoms with Crippen molar-refractivity contribution >= 4 is 0 Å². The van der Waals surface area contributed by atoms with Crippen molar-refractivity contribution in [1.82, 2.24) is 15.1 Å². The summed E-state index contributed by atoms with van der Waals surface area (Å²) in [5.41, 5.74) is 3.62. The highest BCUT2D eigenvalue weighted by molar-refractivity contribution is 5.28. The van der Waals surface area contributed by atoms with Gasteiger partial charge in [-0.2, -0.15) is 5.10 Å². The van der Waals surface area contributed by atoms with Crippen molar-refractivity contribution in [2.24, 2.45) is 0 Å². The summed E-state index contributed by atoms with van der Waals surface area (Å²) in [4.78, 5) is 0. The van der Waals surface area contributed by atoms with E-state index in [1.54, 1.807) is 0 Å². The standard InChI is InChI=1S/C15H25N3/c1-7-10-14(8-2)16-11(4)15-12(5)17-18(9-3)13(15)6/h2,11,14,16H,7,9-10H2,1,3-6H3. The van der Waals surface area contributed by atoms with Gasteiger partial charge in [0.1, 0.15) is 0 Å². The minimum Gasteiger partial charge on any atom is -0.297 e. The maximum atomic E-state index is 5.56. The number of aryl methyl sites for hydroxylation is 2. The molecule has 0 bridgehead atoms. The molecule has 1 heterocycles. The van der Waals surface area contributed by atoms with Gasteiger partial charge in [-0.05, 0) is 34.1 Å². The second-order valence-corrected chi connectivity index (χ2v) is 4.80. The number of aromatic nitrogens is 2. The van der Waals surface area contributed by atoms with E-state index in [-0.39, 0.29) is 12.1 Å². The summed E-state index contributed by atoms with van der Waals surface area (Å²) < 4.78 is 2.05. The van der Waals surface area contributed by atoms with E-state index in [1.165, 1.54) is 11.3 Å². The lowest BCUT2D eigenvalue weighted by Gasteiger charge is -2.19. The zero-order chi connectivity index (χ0) is 13.7. The van der Waals surface area contributed by atoms with Crippen LogP contribution in [0.4, 0.5) is 0 Å². The molecule has 18 heavy (non-hydrogen) atoms. The summed E-state index contributed by atoms with van der Waals surface area (Å²) in [5, 5.41) is 8.07. The predicted molar refractivity (Wildman–Crippen MR) is 76.5 cm³/mol. The maximum Gasteiger partial charge on any atom is 0.0691 e. The Bertz CT molecular complexity index is 426. The van der Waals surface area contributed by atoms with E-state index in [9.17, 15) is 0 Å². The van der Waals surface area contributed by atoms with Crippen LogP contribution in [0.1, 0.15) is 56.6 Å². The van der Waals surface area contributed by atoms with Crippen molar-refractivity contribution in [2.45, 2.75) is 66.1 Å². The normalized spacial score (nSPS) is 14.2. The third kappa shape index (κ3) is 3.14. The van der Waals surface area contributed by atoms with E-state index < -0.39 is 0 Å². The lowest BCUT2D eigenvalue weighted by molar-refractivity contribution is 0.491. The first-order chi connectivity index (χ1) is 8.54. The Balaban J connectivity index is 2.87. The van der Waals surface area contributed by atoms with Crippen LogP contribution >= 0.6 is 0 Å². The van der Waals surface area contributed by atoms with E-state index in [1.807, 2.05) is 4.68 Å². The number of terminal acetylenes is 1. The first-order valence-electron chi connectivity index (χ1n) is 6.81. The fourth-order valence-electron chi connectivity index (χ4n) is 2.53. The fraction of sp³-hybridized carbons (Fsp3) is 0.667. The summed E-state index contributed by atoms with van der Waals surface area (Å²) in [5.74, 6) is 2.83. The van der Waals surface area contributed by atoms with Crippen LogP contribution in [0.15, 0.2) is 0 Å². The molecule has 0 aliphatic rings. The highest BCUT2D eigenvalue weighted by atomic mass is 15.3. The van der Waals surface area contributed by atoms with Gasteiger partial charge in [0.2, 0.25) is 0 Å². The topological polar surface area (TPSA) is 29.9 Å². The van der Waals surface area contributed by atoms with Gasteiger partial charge in [0.05, 0.1) is 11.7 Å². The Morgan fingerprint density at radius 3 is 2.50 bits per heavy atom. The Labute approximate surface area is 111 Å². The summed E-state index contributed by atoms with van der Waals surface area (Å²) in [6, 6.07) is 0.395. The molecule has 1 aromatic heterocycles. The van der Waals surface area contributed by atoms with Crippen molar-refractivity contribution in [3.63, 3.8) is 0 Å². The quantitative estimate of drug-likeness (QED) is 0.783. The third-order valence-electron chi connectivity index (χ3n) is 3.40. The van der Waals surface area contributed by atoms with Gasteiger partial charge < -0.3 is 0 Å². The molecule has 0 saturated carbocycles. The highest BCUT2D eigenvalue weighted by Gasteiger charge is 2.18. The SMILES string of the molecule is C#CC(CCC)NC(C)c1c(C)nn(CC)c1C. The molecule has 100 valence electrons. The van der Waals surface area contributed by atoms with Gasteiger partial charge in [-0.3, -0.25) is 10.00 Å². The molecular weight excluding hydrogens is 222 g/mol. The molecule has 0 aliphatic heterocycles. The van der Waals surface area contributed by atoms with Gasteiger partial charge >= 0.3 is 0 Å². The molecule has 0 saturated heterocycles. The monoisotopic (exact) mass is 247 g/mol. The number of hydrogen-bond donors (Lipinski definition) is 1. The molecule has 0 radical (unpaired) electrons. The Morgan fingerprint density at radius 1 is 1.39 bits per heavy atom. The fourth-order valence-corrected chi connectivity index (χ4v) is 2.53. The number of nitrogens with zero attached hydrogens (tertiary/aromatic N) is 2. The average molecular weight is 247 g/mol. The van der Waals surface area contributed by atoms with Crippen molar-refractivity contribution in [1.29, 1.82) is 0 Å². The lowest BCUT2D eigenvalue weighted by Crippen LogP contribution is -2.30. The molecule has 0 fully saturated rings. The molecule has 1 aromatic rings. The minimum absolute atomic E-state index is 0.147.